The highest BCUT2D eigenvalue weighted by Gasteiger charge is 2.11. The predicted octanol–water partition coefficient (Wildman–Crippen LogP) is 5.51. The fourth-order valence-corrected chi connectivity index (χ4v) is 1.67. The highest BCUT2D eigenvalue weighted by atomic mass is 15.1. The standard InChI is InChI=1S/C12H17N3.CH4/c1-8(2)10-6-5-7-11(9(3)4)12(10)14-15-13;/h5-9H,1-4H3;1H4. The first-order chi connectivity index (χ1) is 7.07. The molecule has 0 aliphatic carbocycles. The summed E-state index contributed by atoms with van der Waals surface area (Å²) in [6, 6.07) is 6.09. The van der Waals surface area contributed by atoms with E-state index in [0.717, 1.165) is 16.8 Å². The summed E-state index contributed by atoms with van der Waals surface area (Å²) in [6.07, 6.45) is 0. The van der Waals surface area contributed by atoms with E-state index in [-0.39, 0.29) is 7.43 Å². The minimum atomic E-state index is 0. The smallest absolute Gasteiger partial charge is 0.0444 e. The monoisotopic (exact) mass is 219 g/mol. The lowest BCUT2D eigenvalue weighted by atomic mass is 9.93. The molecule has 0 saturated carbocycles. The van der Waals surface area contributed by atoms with E-state index in [1.54, 1.807) is 0 Å². The van der Waals surface area contributed by atoms with Crippen molar-refractivity contribution in [1.29, 1.82) is 0 Å². The minimum Gasteiger partial charge on any atom is -0.0776 e. The Balaban J connectivity index is 0.00000225. The van der Waals surface area contributed by atoms with Gasteiger partial charge in [-0.25, -0.2) is 0 Å². The molecule has 1 aromatic rings. The van der Waals surface area contributed by atoms with Gasteiger partial charge in [-0.15, -0.1) is 0 Å². The van der Waals surface area contributed by atoms with Crippen molar-refractivity contribution in [1.82, 2.24) is 0 Å². The molecule has 3 nitrogen and oxygen atoms in total. The van der Waals surface area contributed by atoms with Gasteiger partial charge in [0, 0.05) is 10.6 Å². The molecule has 0 N–H and O–H groups in total. The Morgan fingerprint density at radius 3 is 1.81 bits per heavy atom. The maximum Gasteiger partial charge on any atom is 0.0444 e. The van der Waals surface area contributed by atoms with Gasteiger partial charge in [-0.1, -0.05) is 58.4 Å². The lowest BCUT2D eigenvalue weighted by molar-refractivity contribution is 0.834. The molecule has 3 heteroatoms. The number of azide groups is 1. The van der Waals surface area contributed by atoms with Gasteiger partial charge in [0.05, 0.1) is 0 Å². The van der Waals surface area contributed by atoms with Crippen LogP contribution in [0.5, 0.6) is 0 Å². The largest absolute Gasteiger partial charge is 0.0776 e. The lowest BCUT2D eigenvalue weighted by Crippen LogP contribution is -1.94. The van der Waals surface area contributed by atoms with Crippen LogP contribution in [0.2, 0.25) is 0 Å². The van der Waals surface area contributed by atoms with Crippen molar-refractivity contribution in [2.75, 3.05) is 0 Å². The van der Waals surface area contributed by atoms with Crippen LogP contribution < -0.4 is 0 Å². The van der Waals surface area contributed by atoms with Crippen molar-refractivity contribution in [2.24, 2.45) is 5.11 Å². The first-order valence-electron chi connectivity index (χ1n) is 5.25. The maximum atomic E-state index is 8.59. The molecule has 0 fully saturated rings. The zero-order chi connectivity index (χ0) is 11.4. The van der Waals surface area contributed by atoms with E-state index in [9.17, 15) is 0 Å². The Morgan fingerprint density at radius 1 is 1.06 bits per heavy atom. The van der Waals surface area contributed by atoms with Crippen LogP contribution in [0.25, 0.3) is 10.4 Å². The summed E-state index contributed by atoms with van der Waals surface area (Å²) in [6.45, 7) is 8.43. The fraction of sp³-hybridized carbons (Fsp3) is 0.538. The molecule has 0 aromatic heterocycles. The Bertz CT molecular complexity index is 362. The quantitative estimate of drug-likeness (QED) is 0.365. The fourth-order valence-electron chi connectivity index (χ4n) is 1.67. The van der Waals surface area contributed by atoms with E-state index < -0.39 is 0 Å². The van der Waals surface area contributed by atoms with Crippen molar-refractivity contribution in [3.05, 3.63) is 39.8 Å². The summed E-state index contributed by atoms with van der Waals surface area (Å²) >= 11 is 0. The third kappa shape index (κ3) is 3.01. The van der Waals surface area contributed by atoms with Crippen molar-refractivity contribution in [3.8, 4) is 0 Å². The zero-order valence-corrected chi connectivity index (χ0v) is 9.73. The van der Waals surface area contributed by atoms with E-state index in [1.807, 2.05) is 18.2 Å². The first-order valence-corrected chi connectivity index (χ1v) is 5.25. The first kappa shape index (κ1) is 14.5. The number of nitrogens with zero attached hydrogens (tertiary/aromatic N) is 3. The van der Waals surface area contributed by atoms with Gasteiger partial charge in [0.1, 0.15) is 0 Å². The van der Waals surface area contributed by atoms with Crippen LogP contribution in [-0.2, 0) is 0 Å². The van der Waals surface area contributed by atoms with Crippen LogP contribution in [-0.4, -0.2) is 0 Å². The molecular formula is C13H21N3. The molecule has 0 bridgehead atoms. The van der Waals surface area contributed by atoms with Gasteiger partial charge in [-0.3, -0.25) is 0 Å². The summed E-state index contributed by atoms with van der Waals surface area (Å²) in [5, 5.41) is 3.83. The van der Waals surface area contributed by atoms with Crippen molar-refractivity contribution < 1.29 is 0 Å². The molecule has 0 amide bonds. The Morgan fingerprint density at radius 2 is 1.50 bits per heavy atom. The lowest BCUT2D eigenvalue weighted by Gasteiger charge is -2.15. The molecule has 0 aliphatic heterocycles. The topological polar surface area (TPSA) is 48.8 Å². The van der Waals surface area contributed by atoms with Gasteiger partial charge in [0.2, 0.25) is 0 Å². The van der Waals surface area contributed by atoms with Gasteiger partial charge in [0.15, 0.2) is 0 Å². The van der Waals surface area contributed by atoms with E-state index in [2.05, 4.69) is 37.7 Å². The van der Waals surface area contributed by atoms with Gasteiger partial charge in [0.25, 0.3) is 0 Å². The number of hydrogen-bond donors (Lipinski definition) is 0. The molecule has 1 aromatic carbocycles. The van der Waals surface area contributed by atoms with E-state index in [1.165, 1.54) is 0 Å². The normalized spacial score (nSPS) is 9.88. The van der Waals surface area contributed by atoms with Crippen LogP contribution >= 0.6 is 0 Å². The second-order valence-electron chi connectivity index (χ2n) is 4.28. The van der Waals surface area contributed by atoms with Crippen LogP contribution in [0.1, 0.15) is 58.1 Å². The van der Waals surface area contributed by atoms with E-state index >= 15 is 0 Å². The zero-order valence-electron chi connectivity index (χ0n) is 9.73. The molecule has 0 aliphatic rings. The second kappa shape index (κ2) is 6.19. The van der Waals surface area contributed by atoms with Crippen LogP contribution in [0.15, 0.2) is 23.3 Å². The molecular weight excluding hydrogens is 198 g/mol. The minimum absolute atomic E-state index is 0. The van der Waals surface area contributed by atoms with Crippen molar-refractivity contribution >= 4 is 5.69 Å². The molecule has 0 radical (unpaired) electrons. The van der Waals surface area contributed by atoms with E-state index in [0.29, 0.717) is 11.8 Å². The third-order valence-electron chi connectivity index (χ3n) is 2.49. The summed E-state index contributed by atoms with van der Waals surface area (Å²) < 4.78 is 0. The number of hydrogen-bond acceptors (Lipinski definition) is 1. The Hall–Kier alpha value is -1.47. The molecule has 88 valence electrons. The molecule has 0 saturated heterocycles. The average molecular weight is 219 g/mol. The van der Waals surface area contributed by atoms with Crippen molar-refractivity contribution in [2.45, 2.75) is 47.0 Å². The molecule has 0 spiro atoms. The molecule has 16 heavy (non-hydrogen) atoms. The van der Waals surface area contributed by atoms with Crippen LogP contribution in [0.3, 0.4) is 0 Å². The number of benzene rings is 1. The molecule has 0 heterocycles. The molecule has 1 rings (SSSR count). The van der Waals surface area contributed by atoms with Gasteiger partial charge >= 0.3 is 0 Å². The number of rotatable bonds is 3. The summed E-state index contributed by atoms with van der Waals surface area (Å²) in [5.74, 6) is 0.758. The van der Waals surface area contributed by atoms with Crippen LogP contribution in [0.4, 0.5) is 5.69 Å². The predicted molar refractivity (Wildman–Crippen MR) is 70.2 cm³/mol. The average Bonchev–Trinajstić information content (AvgIpc) is 2.17. The third-order valence-corrected chi connectivity index (χ3v) is 2.49. The SMILES string of the molecule is C.CC(C)c1cccc(C(C)C)c1N=[N+]=[N-]. The van der Waals surface area contributed by atoms with Crippen LogP contribution in [0, 0.1) is 0 Å². The summed E-state index contributed by atoms with van der Waals surface area (Å²) in [5.41, 5.74) is 11.6. The Labute approximate surface area is 98.1 Å². The van der Waals surface area contributed by atoms with Gasteiger partial charge in [-0.2, -0.15) is 0 Å². The van der Waals surface area contributed by atoms with E-state index in [4.69, 9.17) is 5.53 Å². The highest BCUT2D eigenvalue weighted by Crippen LogP contribution is 2.34. The van der Waals surface area contributed by atoms with Crippen molar-refractivity contribution in [3.63, 3.8) is 0 Å². The second-order valence-corrected chi connectivity index (χ2v) is 4.28. The Kier molecular flexibility index (Phi) is 5.62. The molecule has 0 atom stereocenters. The highest BCUT2D eigenvalue weighted by molar-refractivity contribution is 5.55. The summed E-state index contributed by atoms with van der Waals surface area (Å²) in [4.78, 5) is 2.92. The molecule has 0 unspecified atom stereocenters. The van der Waals surface area contributed by atoms with Gasteiger partial charge in [-0.05, 0) is 28.5 Å². The van der Waals surface area contributed by atoms with Gasteiger partial charge < -0.3 is 0 Å². The summed E-state index contributed by atoms with van der Waals surface area (Å²) in [7, 11) is 0. The maximum absolute atomic E-state index is 8.59.